The number of aliphatic hydroxyl groups is 1. The van der Waals surface area contributed by atoms with E-state index in [1.165, 1.54) is 0 Å². The molecule has 0 aliphatic heterocycles. The van der Waals surface area contributed by atoms with E-state index in [1.807, 2.05) is 30.5 Å². The van der Waals surface area contributed by atoms with Gasteiger partial charge in [0.15, 0.2) is 6.10 Å². The molecule has 1 aromatic carbocycles. The van der Waals surface area contributed by atoms with Gasteiger partial charge in [0.1, 0.15) is 0 Å². The first-order chi connectivity index (χ1) is 7.62. The maximum absolute atomic E-state index is 10.9. The Hall–Kier alpha value is -1.00. The maximum Gasteiger partial charge on any atom is 0.333 e. The van der Waals surface area contributed by atoms with Gasteiger partial charge in [0, 0.05) is 10.3 Å². The molecule has 0 aromatic heterocycles. The van der Waals surface area contributed by atoms with Crippen LogP contribution in [0.15, 0.2) is 29.2 Å². The van der Waals surface area contributed by atoms with E-state index >= 15 is 0 Å². The van der Waals surface area contributed by atoms with Crippen LogP contribution in [0, 0.1) is 0 Å². The lowest BCUT2D eigenvalue weighted by Gasteiger charge is -2.21. The fraction of sp³-hybridized carbons (Fsp3) is 0.417. The van der Waals surface area contributed by atoms with Crippen LogP contribution in [0.3, 0.4) is 0 Å². The molecule has 2 N–H and O–H groups in total. The van der Waals surface area contributed by atoms with E-state index in [-0.39, 0.29) is 0 Å². The zero-order valence-electron chi connectivity index (χ0n) is 9.01. The number of aliphatic hydroxyl groups excluding tert-OH is 1. The van der Waals surface area contributed by atoms with Gasteiger partial charge >= 0.3 is 5.97 Å². The minimum atomic E-state index is -1.29. The second-order valence-electron chi connectivity index (χ2n) is 4.10. The van der Waals surface area contributed by atoms with Crippen molar-refractivity contribution in [2.45, 2.75) is 29.3 Å². The van der Waals surface area contributed by atoms with Gasteiger partial charge in [-0.25, -0.2) is 4.79 Å². The molecule has 0 amide bonds. The Bertz CT molecular complexity index is 412. The van der Waals surface area contributed by atoms with Crippen molar-refractivity contribution in [3.05, 3.63) is 29.8 Å². The van der Waals surface area contributed by atoms with Crippen molar-refractivity contribution in [2.24, 2.45) is 0 Å². The van der Waals surface area contributed by atoms with Crippen molar-refractivity contribution in [1.82, 2.24) is 0 Å². The topological polar surface area (TPSA) is 57.5 Å². The number of hydrogen-bond acceptors (Lipinski definition) is 3. The van der Waals surface area contributed by atoms with Crippen molar-refractivity contribution in [3.63, 3.8) is 0 Å². The standard InChI is InChI=1S/C12H14O3S/c1-16-9-5-3-2-4-8(9)12(6-7-12)10(13)11(14)15/h2-5,10,13H,6-7H2,1H3,(H,14,15). The van der Waals surface area contributed by atoms with Crippen LogP contribution in [0.1, 0.15) is 18.4 Å². The van der Waals surface area contributed by atoms with Crippen molar-refractivity contribution >= 4 is 17.7 Å². The van der Waals surface area contributed by atoms with Gasteiger partial charge in [-0.1, -0.05) is 18.2 Å². The molecular weight excluding hydrogens is 224 g/mol. The molecule has 1 saturated carbocycles. The van der Waals surface area contributed by atoms with Gasteiger partial charge in [-0.3, -0.25) is 0 Å². The molecule has 2 rings (SSSR count). The molecule has 3 nitrogen and oxygen atoms in total. The molecule has 4 heteroatoms. The minimum absolute atomic E-state index is 0.550. The fourth-order valence-electron chi connectivity index (χ4n) is 2.12. The summed E-state index contributed by atoms with van der Waals surface area (Å²) in [5.41, 5.74) is 0.420. The number of thioether (sulfide) groups is 1. The molecule has 0 heterocycles. The number of aliphatic carboxylic acids is 1. The molecule has 0 saturated heterocycles. The number of rotatable bonds is 4. The average molecular weight is 238 g/mol. The zero-order chi connectivity index (χ0) is 11.8. The van der Waals surface area contributed by atoms with E-state index in [2.05, 4.69) is 0 Å². The second kappa shape index (κ2) is 4.11. The molecule has 0 bridgehead atoms. The van der Waals surface area contributed by atoms with E-state index in [1.54, 1.807) is 11.8 Å². The first kappa shape index (κ1) is 11.5. The molecule has 1 aromatic rings. The van der Waals surface area contributed by atoms with Gasteiger partial charge in [0.25, 0.3) is 0 Å². The lowest BCUT2D eigenvalue weighted by Crippen LogP contribution is -2.34. The van der Waals surface area contributed by atoms with Crippen LogP contribution in [0.5, 0.6) is 0 Å². The lowest BCUT2D eigenvalue weighted by molar-refractivity contribution is -0.148. The molecule has 1 aliphatic carbocycles. The summed E-state index contributed by atoms with van der Waals surface area (Å²) >= 11 is 1.59. The van der Waals surface area contributed by atoms with E-state index in [4.69, 9.17) is 5.11 Å². The SMILES string of the molecule is CSc1ccccc1C1(C(O)C(=O)O)CC1. The van der Waals surface area contributed by atoms with Crippen LogP contribution in [0.4, 0.5) is 0 Å². The average Bonchev–Trinajstić information content (AvgIpc) is 3.09. The van der Waals surface area contributed by atoms with Crippen molar-refractivity contribution in [1.29, 1.82) is 0 Å². The number of carboxylic acid groups (broad SMARTS) is 1. The lowest BCUT2D eigenvalue weighted by atomic mass is 9.90. The van der Waals surface area contributed by atoms with Gasteiger partial charge in [-0.05, 0) is 30.7 Å². The second-order valence-corrected chi connectivity index (χ2v) is 4.95. The largest absolute Gasteiger partial charge is 0.479 e. The van der Waals surface area contributed by atoms with Gasteiger partial charge in [-0.15, -0.1) is 11.8 Å². The molecule has 0 spiro atoms. The Morgan fingerprint density at radius 3 is 2.56 bits per heavy atom. The predicted molar refractivity (Wildman–Crippen MR) is 62.8 cm³/mol. The summed E-state index contributed by atoms with van der Waals surface area (Å²) < 4.78 is 0. The van der Waals surface area contributed by atoms with Gasteiger partial charge in [0.2, 0.25) is 0 Å². The number of hydrogen-bond donors (Lipinski definition) is 2. The molecule has 1 atom stereocenters. The van der Waals surface area contributed by atoms with Gasteiger partial charge in [0.05, 0.1) is 0 Å². The third-order valence-corrected chi connectivity index (χ3v) is 3.99. The Labute approximate surface area is 98.5 Å². The summed E-state index contributed by atoms with van der Waals surface area (Å²) in [6.07, 6.45) is 2.17. The summed E-state index contributed by atoms with van der Waals surface area (Å²) in [7, 11) is 0. The monoisotopic (exact) mass is 238 g/mol. The summed E-state index contributed by atoms with van der Waals surface area (Å²) in [6.45, 7) is 0. The first-order valence-corrected chi connectivity index (χ1v) is 6.38. The van der Waals surface area contributed by atoms with Crippen molar-refractivity contribution < 1.29 is 15.0 Å². The third-order valence-electron chi connectivity index (χ3n) is 3.19. The molecule has 86 valence electrons. The predicted octanol–water partition coefficient (Wildman–Crippen LogP) is 1.89. The summed E-state index contributed by atoms with van der Waals surface area (Å²) in [5.74, 6) is -1.13. The van der Waals surface area contributed by atoms with Crippen LogP contribution < -0.4 is 0 Å². The van der Waals surface area contributed by atoms with Crippen LogP contribution >= 0.6 is 11.8 Å². The van der Waals surface area contributed by atoms with E-state index < -0.39 is 17.5 Å². The third kappa shape index (κ3) is 1.72. The number of carbonyl (C=O) groups is 1. The molecular formula is C12H14O3S. The van der Waals surface area contributed by atoms with E-state index in [0.717, 1.165) is 23.3 Å². The quantitative estimate of drug-likeness (QED) is 0.786. The van der Waals surface area contributed by atoms with E-state index in [9.17, 15) is 9.90 Å². The smallest absolute Gasteiger partial charge is 0.333 e. The summed E-state index contributed by atoms with van der Waals surface area (Å²) in [6, 6.07) is 7.71. The van der Waals surface area contributed by atoms with Crippen LogP contribution in [-0.4, -0.2) is 28.5 Å². The molecule has 1 unspecified atom stereocenters. The Morgan fingerprint density at radius 2 is 2.06 bits per heavy atom. The van der Waals surface area contributed by atoms with Crippen LogP contribution in [0.25, 0.3) is 0 Å². The van der Waals surface area contributed by atoms with Crippen LogP contribution in [-0.2, 0) is 10.2 Å². The van der Waals surface area contributed by atoms with E-state index in [0.29, 0.717) is 0 Å². The summed E-state index contributed by atoms with van der Waals surface area (Å²) in [4.78, 5) is 12.0. The first-order valence-electron chi connectivity index (χ1n) is 5.16. The van der Waals surface area contributed by atoms with Crippen molar-refractivity contribution in [3.8, 4) is 0 Å². The van der Waals surface area contributed by atoms with Gasteiger partial charge in [-0.2, -0.15) is 0 Å². The Balaban J connectivity index is 2.40. The molecule has 0 radical (unpaired) electrons. The molecule has 1 aliphatic rings. The highest BCUT2D eigenvalue weighted by molar-refractivity contribution is 7.98. The zero-order valence-corrected chi connectivity index (χ0v) is 9.83. The summed E-state index contributed by atoms with van der Waals surface area (Å²) in [5, 5.41) is 18.7. The minimum Gasteiger partial charge on any atom is -0.479 e. The highest BCUT2D eigenvalue weighted by Gasteiger charge is 2.54. The Kier molecular flexibility index (Phi) is 2.95. The molecule has 1 fully saturated rings. The fourth-order valence-corrected chi connectivity index (χ4v) is 2.82. The maximum atomic E-state index is 10.9. The van der Waals surface area contributed by atoms with Gasteiger partial charge < -0.3 is 10.2 Å². The normalized spacial score (nSPS) is 19.1. The highest BCUT2D eigenvalue weighted by atomic mass is 32.2. The Morgan fingerprint density at radius 1 is 1.44 bits per heavy atom. The molecule has 16 heavy (non-hydrogen) atoms. The number of benzene rings is 1. The van der Waals surface area contributed by atoms with Crippen molar-refractivity contribution in [2.75, 3.05) is 6.26 Å². The van der Waals surface area contributed by atoms with Crippen LogP contribution in [0.2, 0.25) is 0 Å². The number of carboxylic acids is 1. The highest BCUT2D eigenvalue weighted by Crippen LogP contribution is 2.53.